The van der Waals surface area contributed by atoms with E-state index in [4.69, 9.17) is 4.98 Å². The van der Waals surface area contributed by atoms with Crippen molar-refractivity contribution in [3.05, 3.63) is 29.3 Å². The molecule has 3 heterocycles. The van der Waals surface area contributed by atoms with E-state index >= 15 is 0 Å². The van der Waals surface area contributed by atoms with E-state index in [0.29, 0.717) is 30.4 Å². The quantitative estimate of drug-likeness (QED) is 0.617. The van der Waals surface area contributed by atoms with Crippen LogP contribution in [-0.4, -0.2) is 55.5 Å². The van der Waals surface area contributed by atoms with Crippen LogP contribution in [0.5, 0.6) is 0 Å². The molecule has 1 aliphatic carbocycles. The molecule has 4 rings (SSSR count). The normalized spacial score (nSPS) is 20.3. The second-order valence-electron chi connectivity index (χ2n) is 9.66. The van der Waals surface area contributed by atoms with Crippen molar-refractivity contribution >= 4 is 23.5 Å². The third-order valence-electron chi connectivity index (χ3n) is 6.75. The van der Waals surface area contributed by atoms with Crippen LogP contribution >= 0.6 is 0 Å². The van der Waals surface area contributed by atoms with Gasteiger partial charge in [-0.3, -0.25) is 14.7 Å². The number of nitrogens with zero attached hydrogens (tertiary/aromatic N) is 4. The standard InChI is InChI=1S/C24H35N7O2/c1-16-12-22(30-29-16)27-21-13-20(25-17(2)26-21)19-8-7-11-31(15-19)23(33)14-24(28-18(3)32)9-5-4-6-10-24/h12-13,19H,4-11,14-15H2,1-3H3,(H,28,32)(H2,25,26,27,29,30)/t19-/m0/s1. The molecule has 2 aliphatic rings. The maximum Gasteiger partial charge on any atom is 0.224 e. The average Bonchev–Trinajstić information content (AvgIpc) is 3.18. The number of hydrogen-bond acceptors (Lipinski definition) is 6. The monoisotopic (exact) mass is 453 g/mol. The fourth-order valence-electron chi connectivity index (χ4n) is 5.27. The largest absolute Gasteiger partial charge is 0.350 e. The number of rotatable bonds is 6. The van der Waals surface area contributed by atoms with Crippen molar-refractivity contribution in [2.45, 2.75) is 83.6 Å². The molecule has 1 saturated heterocycles. The van der Waals surface area contributed by atoms with Gasteiger partial charge < -0.3 is 15.5 Å². The van der Waals surface area contributed by atoms with E-state index in [0.717, 1.165) is 56.5 Å². The van der Waals surface area contributed by atoms with Crippen LogP contribution in [0.4, 0.5) is 11.6 Å². The molecular formula is C24H35N7O2. The van der Waals surface area contributed by atoms with E-state index in [-0.39, 0.29) is 17.7 Å². The van der Waals surface area contributed by atoms with Crippen molar-refractivity contribution in [1.82, 2.24) is 30.4 Å². The fourth-order valence-corrected chi connectivity index (χ4v) is 5.27. The van der Waals surface area contributed by atoms with Gasteiger partial charge in [0.05, 0.1) is 5.69 Å². The molecule has 0 spiro atoms. The van der Waals surface area contributed by atoms with Crippen LogP contribution in [0, 0.1) is 13.8 Å². The summed E-state index contributed by atoms with van der Waals surface area (Å²) >= 11 is 0. The zero-order chi connectivity index (χ0) is 23.4. The molecule has 2 fully saturated rings. The Hall–Kier alpha value is -2.97. The number of aryl methyl sites for hydroxylation is 2. The Morgan fingerprint density at radius 1 is 1.12 bits per heavy atom. The van der Waals surface area contributed by atoms with Gasteiger partial charge in [-0.25, -0.2) is 9.97 Å². The topological polar surface area (TPSA) is 116 Å². The van der Waals surface area contributed by atoms with Crippen LogP contribution in [-0.2, 0) is 9.59 Å². The number of anilines is 2. The number of carbonyl (C=O) groups excluding carboxylic acids is 2. The van der Waals surface area contributed by atoms with Gasteiger partial charge in [-0.1, -0.05) is 19.3 Å². The minimum absolute atomic E-state index is 0.0511. The van der Waals surface area contributed by atoms with Crippen molar-refractivity contribution in [2.75, 3.05) is 18.4 Å². The first-order chi connectivity index (χ1) is 15.8. The molecule has 2 aromatic rings. The fraction of sp³-hybridized carbons (Fsp3) is 0.625. The van der Waals surface area contributed by atoms with E-state index in [1.165, 1.54) is 6.42 Å². The third-order valence-corrected chi connectivity index (χ3v) is 6.75. The lowest BCUT2D eigenvalue weighted by atomic mass is 9.78. The molecule has 3 N–H and O–H groups in total. The van der Waals surface area contributed by atoms with Crippen LogP contribution in [0.3, 0.4) is 0 Å². The van der Waals surface area contributed by atoms with Gasteiger partial charge in [0, 0.05) is 55.7 Å². The molecule has 2 amide bonds. The molecule has 2 aromatic heterocycles. The van der Waals surface area contributed by atoms with Crippen LogP contribution < -0.4 is 10.6 Å². The summed E-state index contributed by atoms with van der Waals surface area (Å²) in [5.41, 5.74) is 1.53. The molecule has 0 unspecified atom stereocenters. The number of aromatic nitrogens is 4. The minimum Gasteiger partial charge on any atom is -0.350 e. The molecule has 0 radical (unpaired) electrons. The molecule has 0 bridgehead atoms. The van der Waals surface area contributed by atoms with E-state index in [2.05, 4.69) is 25.8 Å². The average molecular weight is 454 g/mol. The van der Waals surface area contributed by atoms with Gasteiger partial charge in [-0.15, -0.1) is 0 Å². The van der Waals surface area contributed by atoms with E-state index in [1.54, 1.807) is 6.92 Å². The Bertz CT molecular complexity index is 996. The number of hydrogen-bond donors (Lipinski definition) is 3. The second kappa shape index (κ2) is 9.89. The second-order valence-corrected chi connectivity index (χ2v) is 9.66. The van der Waals surface area contributed by atoms with Gasteiger partial charge in [0.15, 0.2) is 5.82 Å². The Morgan fingerprint density at radius 3 is 2.61 bits per heavy atom. The number of piperidine rings is 1. The summed E-state index contributed by atoms with van der Waals surface area (Å²) in [6.07, 6.45) is 7.34. The van der Waals surface area contributed by atoms with Crippen molar-refractivity contribution in [1.29, 1.82) is 0 Å². The summed E-state index contributed by atoms with van der Waals surface area (Å²) in [6, 6.07) is 3.89. The van der Waals surface area contributed by atoms with Crippen LogP contribution in [0.25, 0.3) is 0 Å². The third kappa shape index (κ3) is 5.89. The number of carbonyl (C=O) groups is 2. The molecule has 9 heteroatoms. The summed E-state index contributed by atoms with van der Waals surface area (Å²) in [5, 5.41) is 13.5. The molecule has 33 heavy (non-hydrogen) atoms. The predicted octanol–water partition coefficient (Wildman–Crippen LogP) is 3.50. The summed E-state index contributed by atoms with van der Waals surface area (Å²) < 4.78 is 0. The lowest BCUT2D eigenvalue weighted by Crippen LogP contribution is -2.53. The van der Waals surface area contributed by atoms with Crippen LogP contribution in [0.1, 0.15) is 81.4 Å². The lowest BCUT2D eigenvalue weighted by molar-refractivity contribution is -0.135. The van der Waals surface area contributed by atoms with Gasteiger partial charge in [0.25, 0.3) is 0 Å². The highest BCUT2D eigenvalue weighted by atomic mass is 16.2. The predicted molar refractivity (Wildman–Crippen MR) is 126 cm³/mol. The lowest BCUT2D eigenvalue weighted by Gasteiger charge is -2.40. The molecular weight excluding hydrogens is 418 g/mol. The summed E-state index contributed by atoms with van der Waals surface area (Å²) in [6.45, 7) is 6.78. The first-order valence-corrected chi connectivity index (χ1v) is 12.0. The Morgan fingerprint density at radius 2 is 1.91 bits per heavy atom. The van der Waals surface area contributed by atoms with Crippen molar-refractivity contribution < 1.29 is 9.59 Å². The van der Waals surface area contributed by atoms with Gasteiger partial charge >= 0.3 is 0 Å². The maximum atomic E-state index is 13.3. The summed E-state index contributed by atoms with van der Waals surface area (Å²) in [4.78, 5) is 36.3. The first-order valence-electron chi connectivity index (χ1n) is 12.0. The number of likely N-dealkylation sites (tertiary alicyclic amines) is 1. The molecule has 1 saturated carbocycles. The van der Waals surface area contributed by atoms with Gasteiger partial charge in [0.2, 0.25) is 11.8 Å². The number of H-pyrrole nitrogens is 1. The van der Waals surface area contributed by atoms with E-state index in [1.807, 2.05) is 30.9 Å². The Kier molecular flexibility index (Phi) is 6.95. The number of amides is 2. The van der Waals surface area contributed by atoms with Crippen molar-refractivity contribution in [3.63, 3.8) is 0 Å². The smallest absolute Gasteiger partial charge is 0.224 e. The van der Waals surface area contributed by atoms with E-state index in [9.17, 15) is 9.59 Å². The highest BCUT2D eigenvalue weighted by Gasteiger charge is 2.37. The number of aromatic amines is 1. The van der Waals surface area contributed by atoms with Crippen molar-refractivity contribution in [2.24, 2.45) is 0 Å². The molecule has 0 aromatic carbocycles. The van der Waals surface area contributed by atoms with Crippen LogP contribution in [0.15, 0.2) is 12.1 Å². The minimum atomic E-state index is -0.390. The molecule has 9 nitrogen and oxygen atoms in total. The van der Waals surface area contributed by atoms with Gasteiger partial charge in [-0.2, -0.15) is 5.10 Å². The highest BCUT2D eigenvalue weighted by molar-refractivity contribution is 5.80. The highest BCUT2D eigenvalue weighted by Crippen LogP contribution is 2.33. The van der Waals surface area contributed by atoms with Gasteiger partial charge in [-0.05, 0) is 39.5 Å². The van der Waals surface area contributed by atoms with E-state index < -0.39 is 5.54 Å². The van der Waals surface area contributed by atoms with Crippen molar-refractivity contribution in [3.8, 4) is 0 Å². The van der Waals surface area contributed by atoms with Gasteiger partial charge in [0.1, 0.15) is 11.6 Å². The zero-order valence-corrected chi connectivity index (χ0v) is 19.9. The first kappa shape index (κ1) is 23.2. The zero-order valence-electron chi connectivity index (χ0n) is 19.9. The number of nitrogens with one attached hydrogen (secondary N) is 3. The SMILES string of the molecule is CC(=O)NC1(CC(=O)N2CCC[C@H](c3cc(Nc4cc(C)[nH]n4)nc(C)n3)C2)CCCCC1. The summed E-state index contributed by atoms with van der Waals surface area (Å²) in [5.74, 6) is 2.36. The molecule has 178 valence electrons. The Balaban J connectivity index is 1.45. The molecule has 1 aliphatic heterocycles. The summed E-state index contributed by atoms with van der Waals surface area (Å²) in [7, 11) is 0. The Labute approximate surface area is 195 Å². The molecule has 1 atom stereocenters. The van der Waals surface area contributed by atoms with Crippen LogP contribution in [0.2, 0.25) is 0 Å². The maximum absolute atomic E-state index is 13.3.